The summed E-state index contributed by atoms with van der Waals surface area (Å²) in [7, 11) is 0. The molecule has 1 aromatic rings. The highest BCUT2D eigenvalue weighted by atomic mass is 16.5. The monoisotopic (exact) mass is 436 g/mol. The molecule has 3 N–H and O–H groups in total. The zero-order chi connectivity index (χ0) is 22.6. The second-order valence-electron chi connectivity index (χ2n) is 8.25. The van der Waals surface area contributed by atoms with Crippen LogP contribution in [0.2, 0.25) is 0 Å². The molecule has 7 nitrogen and oxygen atoms in total. The van der Waals surface area contributed by atoms with Gasteiger partial charge in [0.2, 0.25) is 0 Å². The number of carbonyl (C=O) groups excluding carboxylic acids is 1. The number of aliphatic hydroxyl groups excluding tert-OH is 3. The topological polar surface area (TPSA) is 105 Å². The predicted octanol–water partition coefficient (Wildman–Crippen LogP) is 2.62. The molecule has 174 valence electrons. The number of allylic oxidation sites excluding steroid dienone is 2. The van der Waals surface area contributed by atoms with Crippen molar-refractivity contribution in [2.45, 2.75) is 76.5 Å². The Morgan fingerprint density at radius 3 is 2.58 bits per heavy atom. The van der Waals surface area contributed by atoms with Crippen LogP contribution in [0.4, 0.5) is 0 Å². The third kappa shape index (κ3) is 9.39. The van der Waals surface area contributed by atoms with E-state index in [9.17, 15) is 20.1 Å². The molecule has 1 aliphatic rings. The number of para-hydroxylation sites is 1. The van der Waals surface area contributed by atoms with Gasteiger partial charge in [-0.2, -0.15) is 0 Å². The summed E-state index contributed by atoms with van der Waals surface area (Å²) in [5, 5.41) is 30.7. The molecule has 7 heteroatoms. The first kappa shape index (κ1) is 25.3. The van der Waals surface area contributed by atoms with Crippen molar-refractivity contribution in [2.75, 3.05) is 13.2 Å². The molecule has 2 rings (SSSR count). The Bertz CT molecular complexity index is 661. The molecule has 0 aliphatic heterocycles. The lowest BCUT2D eigenvalue weighted by Crippen LogP contribution is -2.34. The molecule has 1 aliphatic carbocycles. The number of ether oxygens (including phenoxy) is 3. The first-order chi connectivity index (χ1) is 14.9. The van der Waals surface area contributed by atoms with Crippen molar-refractivity contribution in [1.29, 1.82) is 0 Å². The number of aliphatic hydroxyl groups is 3. The number of esters is 1. The first-order valence-corrected chi connectivity index (χ1v) is 11.0. The number of unbranched alkanes of at least 4 members (excludes halogenated alkanes) is 1. The third-order valence-electron chi connectivity index (χ3n) is 5.14. The van der Waals surface area contributed by atoms with E-state index >= 15 is 0 Å². The summed E-state index contributed by atoms with van der Waals surface area (Å²) in [4.78, 5) is 11.5. The van der Waals surface area contributed by atoms with Crippen molar-refractivity contribution in [3.05, 3.63) is 42.5 Å². The van der Waals surface area contributed by atoms with Crippen LogP contribution in [-0.4, -0.2) is 65.0 Å². The van der Waals surface area contributed by atoms with Crippen molar-refractivity contribution < 1.29 is 34.3 Å². The van der Waals surface area contributed by atoms with Gasteiger partial charge >= 0.3 is 5.97 Å². The van der Waals surface area contributed by atoms with Gasteiger partial charge < -0.3 is 29.5 Å². The van der Waals surface area contributed by atoms with Crippen LogP contribution in [0.3, 0.4) is 0 Å². The minimum absolute atomic E-state index is 0.0134. The highest BCUT2D eigenvalue weighted by Crippen LogP contribution is 2.32. The second kappa shape index (κ2) is 13.5. The predicted molar refractivity (Wildman–Crippen MR) is 117 cm³/mol. The SMILES string of the molecule is CC(C)OC(=O)CCC/C=C\C[C@@H]1[C@@H](OC[C@H](O)COc2ccccc2)[C@H](O)C[C@@H]1O. The van der Waals surface area contributed by atoms with E-state index in [0.29, 0.717) is 25.0 Å². The van der Waals surface area contributed by atoms with Gasteiger partial charge in [-0.3, -0.25) is 4.79 Å². The van der Waals surface area contributed by atoms with Gasteiger partial charge in [0.05, 0.1) is 31.0 Å². The van der Waals surface area contributed by atoms with Gasteiger partial charge in [-0.25, -0.2) is 0 Å². The maximum Gasteiger partial charge on any atom is 0.306 e. The lowest BCUT2D eigenvalue weighted by Gasteiger charge is -2.24. The van der Waals surface area contributed by atoms with Crippen LogP contribution in [0.15, 0.2) is 42.5 Å². The van der Waals surface area contributed by atoms with Crippen LogP contribution in [0.25, 0.3) is 0 Å². The zero-order valence-corrected chi connectivity index (χ0v) is 18.4. The molecule has 0 unspecified atom stereocenters. The summed E-state index contributed by atoms with van der Waals surface area (Å²) in [6.07, 6.45) is 3.61. The van der Waals surface area contributed by atoms with Crippen molar-refractivity contribution in [2.24, 2.45) is 5.92 Å². The highest BCUT2D eigenvalue weighted by molar-refractivity contribution is 5.69. The maximum atomic E-state index is 11.5. The number of rotatable bonds is 13. The van der Waals surface area contributed by atoms with Crippen molar-refractivity contribution in [1.82, 2.24) is 0 Å². The Morgan fingerprint density at radius 2 is 1.87 bits per heavy atom. The minimum atomic E-state index is -0.841. The Kier molecular flexibility index (Phi) is 11.0. The number of hydrogen-bond acceptors (Lipinski definition) is 7. The zero-order valence-electron chi connectivity index (χ0n) is 18.4. The lowest BCUT2D eigenvalue weighted by molar-refractivity contribution is -0.147. The molecule has 31 heavy (non-hydrogen) atoms. The van der Waals surface area contributed by atoms with Gasteiger partial charge in [-0.15, -0.1) is 0 Å². The number of benzene rings is 1. The van der Waals surface area contributed by atoms with E-state index in [0.717, 1.165) is 6.42 Å². The lowest BCUT2D eigenvalue weighted by atomic mass is 9.98. The molecule has 0 bridgehead atoms. The van der Waals surface area contributed by atoms with Gasteiger partial charge in [-0.1, -0.05) is 30.4 Å². The van der Waals surface area contributed by atoms with E-state index in [-0.39, 0.29) is 37.6 Å². The Labute approximate surface area is 184 Å². The molecule has 5 atom stereocenters. The number of hydrogen-bond donors (Lipinski definition) is 3. The van der Waals surface area contributed by atoms with Gasteiger partial charge in [0.1, 0.15) is 18.5 Å². The molecule has 0 aromatic heterocycles. The van der Waals surface area contributed by atoms with Crippen molar-refractivity contribution in [3.63, 3.8) is 0 Å². The molecule has 0 radical (unpaired) electrons. The van der Waals surface area contributed by atoms with E-state index in [4.69, 9.17) is 14.2 Å². The molecule has 0 heterocycles. The molecule has 0 amide bonds. The van der Waals surface area contributed by atoms with Gasteiger partial charge in [0, 0.05) is 18.8 Å². The molecule has 1 aromatic carbocycles. The minimum Gasteiger partial charge on any atom is -0.491 e. The first-order valence-electron chi connectivity index (χ1n) is 11.0. The molecule has 1 fully saturated rings. The van der Waals surface area contributed by atoms with E-state index in [1.54, 1.807) is 12.1 Å². The Hall–Kier alpha value is -1.93. The highest BCUT2D eigenvalue weighted by Gasteiger charge is 2.42. The fraction of sp³-hybridized carbons (Fsp3) is 0.625. The van der Waals surface area contributed by atoms with Gasteiger partial charge in [0.25, 0.3) is 0 Å². The largest absolute Gasteiger partial charge is 0.491 e. The van der Waals surface area contributed by atoms with Crippen LogP contribution in [0.5, 0.6) is 5.75 Å². The van der Waals surface area contributed by atoms with Crippen LogP contribution in [0.1, 0.15) is 46.0 Å². The van der Waals surface area contributed by atoms with Gasteiger partial charge in [-0.05, 0) is 45.2 Å². The third-order valence-corrected chi connectivity index (χ3v) is 5.14. The average Bonchev–Trinajstić information content (AvgIpc) is 3.00. The molecule has 1 saturated carbocycles. The normalized spacial score (nSPS) is 24.6. The van der Waals surface area contributed by atoms with Crippen LogP contribution in [0, 0.1) is 5.92 Å². The Morgan fingerprint density at radius 1 is 1.13 bits per heavy atom. The average molecular weight is 437 g/mol. The fourth-order valence-electron chi connectivity index (χ4n) is 3.62. The molecular formula is C24H36O7. The molecular weight excluding hydrogens is 400 g/mol. The van der Waals surface area contributed by atoms with Crippen LogP contribution in [-0.2, 0) is 14.3 Å². The summed E-state index contributed by atoms with van der Waals surface area (Å²) in [5.74, 6) is 0.221. The van der Waals surface area contributed by atoms with E-state index in [2.05, 4.69) is 0 Å². The van der Waals surface area contributed by atoms with E-state index in [1.165, 1.54) is 0 Å². The molecule has 0 saturated heterocycles. The van der Waals surface area contributed by atoms with E-state index < -0.39 is 24.4 Å². The molecule has 0 spiro atoms. The second-order valence-corrected chi connectivity index (χ2v) is 8.25. The summed E-state index contributed by atoms with van der Waals surface area (Å²) < 4.78 is 16.4. The summed E-state index contributed by atoms with van der Waals surface area (Å²) in [5.41, 5.74) is 0. The summed E-state index contributed by atoms with van der Waals surface area (Å²) >= 11 is 0. The quantitative estimate of drug-likeness (QED) is 0.248. The van der Waals surface area contributed by atoms with Crippen molar-refractivity contribution in [3.8, 4) is 5.75 Å². The standard InChI is InChI=1S/C24H36O7/c1-17(2)31-23(28)13-9-4-3-8-12-20-21(26)14-22(27)24(20)30-16-18(25)15-29-19-10-6-5-7-11-19/h3,5-8,10-11,17-18,20-22,24-27H,4,9,12-16H2,1-2H3/b8-3-/t18-,20+,21+,22-,24-/m1/s1. The smallest absolute Gasteiger partial charge is 0.306 e. The fourth-order valence-corrected chi connectivity index (χ4v) is 3.62. The van der Waals surface area contributed by atoms with Crippen LogP contribution < -0.4 is 4.74 Å². The maximum absolute atomic E-state index is 11.5. The van der Waals surface area contributed by atoms with E-state index in [1.807, 2.05) is 44.2 Å². The van der Waals surface area contributed by atoms with Gasteiger partial charge in [0.15, 0.2) is 0 Å². The summed E-state index contributed by atoms with van der Waals surface area (Å²) in [6.45, 7) is 3.75. The summed E-state index contributed by atoms with van der Waals surface area (Å²) in [6, 6.07) is 9.20. The van der Waals surface area contributed by atoms with Crippen molar-refractivity contribution >= 4 is 5.97 Å². The Balaban J connectivity index is 1.70. The van der Waals surface area contributed by atoms with Crippen LogP contribution >= 0.6 is 0 Å². The number of carbonyl (C=O) groups is 1.